The predicted octanol–water partition coefficient (Wildman–Crippen LogP) is 2.84. The van der Waals surface area contributed by atoms with Gasteiger partial charge in [0.05, 0.1) is 6.04 Å². The third-order valence-corrected chi connectivity index (χ3v) is 3.25. The van der Waals surface area contributed by atoms with Crippen molar-refractivity contribution < 1.29 is 0 Å². The Morgan fingerprint density at radius 3 is 2.85 bits per heavy atom. The first-order valence-corrected chi connectivity index (χ1v) is 5.74. The van der Waals surface area contributed by atoms with Crippen LogP contribution < -0.4 is 5.32 Å². The maximum atomic E-state index is 4.28. The Balaban J connectivity index is 2.30. The van der Waals surface area contributed by atoms with Gasteiger partial charge in [0.25, 0.3) is 0 Å². The van der Waals surface area contributed by atoms with Gasteiger partial charge in [-0.05, 0) is 19.4 Å². The number of hydrogen-bond acceptors (Lipinski definition) is 3. The molecule has 0 saturated heterocycles. The minimum Gasteiger partial charge on any atom is -0.308 e. The fraction of sp³-hybridized carbons (Fsp3) is 0.700. The largest absolute Gasteiger partial charge is 0.308 e. The average molecular weight is 198 g/mol. The van der Waals surface area contributed by atoms with Crippen LogP contribution in [0.3, 0.4) is 0 Å². The van der Waals surface area contributed by atoms with Crippen molar-refractivity contribution in [1.82, 2.24) is 10.3 Å². The van der Waals surface area contributed by atoms with Gasteiger partial charge in [-0.15, -0.1) is 11.3 Å². The maximum absolute atomic E-state index is 4.28. The van der Waals surface area contributed by atoms with Gasteiger partial charge in [0.1, 0.15) is 5.01 Å². The molecule has 13 heavy (non-hydrogen) atoms. The summed E-state index contributed by atoms with van der Waals surface area (Å²) in [5.74, 6) is 0.752. The third kappa shape index (κ3) is 3.44. The second-order valence-electron chi connectivity index (χ2n) is 3.51. The molecule has 0 aliphatic carbocycles. The zero-order chi connectivity index (χ0) is 9.68. The molecule has 2 atom stereocenters. The molecule has 1 rings (SSSR count). The summed E-state index contributed by atoms with van der Waals surface area (Å²) in [6, 6.07) is 0.397. The first-order valence-electron chi connectivity index (χ1n) is 4.86. The minimum absolute atomic E-state index is 0.397. The number of aromatic nitrogens is 1. The van der Waals surface area contributed by atoms with Crippen LogP contribution in [0, 0.1) is 5.92 Å². The molecule has 0 radical (unpaired) electrons. The molecule has 0 aliphatic rings. The van der Waals surface area contributed by atoms with E-state index in [-0.39, 0.29) is 0 Å². The van der Waals surface area contributed by atoms with Crippen molar-refractivity contribution in [2.75, 3.05) is 6.54 Å². The highest BCUT2D eigenvalue weighted by molar-refractivity contribution is 7.09. The summed E-state index contributed by atoms with van der Waals surface area (Å²) in [7, 11) is 0. The summed E-state index contributed by atoms with van der Waals surface area (Å²) < 4.78 is 0. The van der Waals surface area contributed by atoms with E-state index in [0.29, 0.717) is 6.04 Å². The monoisotopic (exact) mass is 198 g/mol. The van der Waals surface area contributed by atoms with E-state index < -0.39 is 0 Å². The number of hydrogen-bond donors (Lipinski definition) is 1. The highest BCUT2D eigenvalue weighted by Gasteiger charge is 2.07. The van der Waals surface area contributed by atoms with Crippen molar-refractivity contribution in [2.24, 2.45) is 5.92 Å². The van der Waals surface area contributed by atoms with Crippen LogP contribution in [-0.4, -0.2) is 11.5 Å². The van der Waals surface area contributed by atoms with Gasteiger partial charge in [-0.3, -0.25) is 0 Å². The Kier molecular flexibility index (Phi) is 4.39. The number of thiazole rings is 1. The van der Waals surface area contributed by atoms with E-state index in [2.05, 4.69) is 31.1 Å². The van der Waals surface area contributed by atoms with Crippen molar-refractivity contribution in [2.45, 2.75) is 33.2 Å². The molecule has 0 fully saturated rings. The SMILES string of the molecule is CCC(C)CNC(C)c1nccs1. The molecule has 1 aromatic rings. The lowest BCUT2D eigenvalue weighted by atomic mass is 10.1. The van der Waals surface area contributed by atoms with Crippen LogP contribution in [0.1, 0.15) is 38.2 Å². The second-order valence-corrected chi connectivity index (χ2v) is 4.44. The lowest BCUT2D eigenvalue weighted by Crippen LogP contribution is -2.24. The molecule has 1 aromatic heterocycles. The Bertz CT molecular complexity index is 221. The van der Waals surface area contributed by atoms with E-state index in [9.17, 15) is 0 Å². The van der Waals surface area contributed by atoms with Crippen LogP contribution >= 0.6 is 11.3 Å². The van der Waals surface area contributed by atoms with E-state index in [1.54, 1.807) is 11.3 Å². The van der Waals surface area contributed by atoms with Crippen LogP contribution in [0.2, 0.25) is 0 Å². The normalized spacial score (nSPS) is 15.6. The van der Waals surface area contributed by atoms with Gasteiger partial charge >= 0.3 is 0 Å². The number of nitrogens with zero attached hydrogens (tertiary/aromatic N) is 1. The predicted molar refractivity (Wildman–Crippen MR) is 58.0 cm³/mol. The first kappa shape index (κ1) is 10.7. The van der Waals surface area contributed by atoms with E-state index in [1.165, 1.54) is 11.4 Å². The molecule has 0 aliphatic heterocycles. The second kappa shape index (κ2) is 5.35. The molecular weight excluding hydrogens is 180 g/mol. The van der Waals surface area contributed by atoms with Crippen molar-refractivity contribution in [3.05, 3.63) is 16.6 Å². The Morgan fingerprint density at radius 2 is 2.31 bits per heavy atom. The van der Waals surface area contributed by atoms with Crippen LogP contribution in [0.4, 0.5) is 0 Å². The quantitative estimate of drug-likeness (QED) is 0.787. The third-order valence-electron chi connectivity index (χ3n) is 2.29. The summed E-state index contributed by atoms with van der Waals surface area (Å²) in [4.78, 5) is 4.28. The summed E-state index contributed by atoms with van der Waals surface area (Å²) in [5, 5.41) is 6.69. The van der Waals surface area contributed by atoms with E-state index in [0.717, 1.165) is 12.5 Å². The van der Waals surface area contributed by atoms with Crippen molar-refractivity contribution in [3.63, 3.8) is 0 Å². The number of rotatable bonds is 5. The molecule has 0 bridgehead atoms. The van der Waals surface area contributed by atoms with Gasteiger partial charge in [0.15, 0.2) is 0 Å². The standard InChI is InChI=1S/C10H18N2S/c1-4-8(2)7-12-9(3)10-11-5-6-13-10/h5-6,8-9,12H,4,7H2,1-3H3. The van der Waals surface area contributed by atoms with E-state index in [4.69, 9.17) is 0 Å². The molecule has 3 heteroatoms. The Morgan fingerprint density at radius 1 is 1.54 bits per heavy atom. The molecular formula is C10H18N2S. The number of nitrogens with one attached hydrogen (secondary N) is 1. The molecule has 1 heterocycles. The van der Waals surface area contributed by atoms with Gasteiger partial charge in [-0.25, -0.2) is 4.98 Å². The van der Waals surface area contributed by atoms with Crippen molar-refractivity contribution in [3.8, 4) is 0 Å². The fourth-order valence-electron chi connectivity index (χ4n) is 1.06. The van der Waals surface area contributed by atoms with Crippen molar-refractivity contribution >= 4 is 11.3 Å². The average Bonchev–Trinajstić information content (AvgIpc) is 2.66. The van der Waals surface area contributed by atoms with Crippen LogP contribution in [0.25, 0.3) is 0 Å². The summed E-state index contributed by atoms with van der Waals surface area (Å²) >= 11 is 1.72. The Hall–Kier alpha value is -0.410. The summed E-state index contributed by atoms with van der Waals surface area (Å²) in [5.41, 5.74) is 0. The van der Waals surface area contributed by atoms with Crippen LogP contribution in [-0.2, 0) is 0 Å². The molecule has 0 spiro atoms. The molecule has 2 nitrogen and oxygen atoms in total. The fourth-order valence-corrected chi connectivity index (χ4v) is 1.73. The smallest absolute Gasteiger partial charge is 0.109 e. The molecule has 2 unspecified atom stereocenters. The van der Waals surface area contributed by atoms with Gasteiger partial charge in [-0.1, -0.05) is 20.3 Å². The summed E-state index contributed by atoms with van der Waals surface area (Å²) in [6.45, 7) is 7.74. The van der Waals surface area contributed by atoms with Crippen molar-refractivity contribution in [1.29, 1.82) is 0 Å². The lowest BCUT2D eigenvalue weighted by molar-refractivity contribution is 0.460. The van der Waals surface area contributed by atoms with Gasteiger partial charge < -0.3 is 5.32 Å². The summed E-state index contributed by atoms with van der Waals surface area (Å²) in [6.07, 6.45) is 3.10. The maximum Gasteiger partial charge on any atom is 0.109 e. The molecule has 0 aromatic carbocycles. The first-order chi connectivity index (χ1) is 6.24. The van der Waals surface area contributed by atoms with Gasteiger partial charge in [0.2, 0.25) is 0 Å². The zero-order valence-corrected chi connectivity index (χ0v) is 9.40. The topological polar surface area (TPSA) is 24.9 Å². The van der Waals surface area contributed by atoms with Gasteiger partial charge in [-0.2, -0.15) is 0 Å². The lowest BCUT2D eigenvalue weighted by Gasteiger charge is -2.14. The molecule has 0 saturated carbocycles. The van der Waals surface area contributed by atoms with Crippen LogP contribution in [0.15, 0.2) is 11.6 Å². The highest BCUT2D eigenvalue weighted by atomic mass is 32.1. The molecule has 0 amide bonds. The van der Waals surface area contributed by atoms with E-state index in [1.807, 2.05) is 11.6 Å². The zero-order valence-electron chi connectivity index (χ0n) is 8.58. The minimum atomic E-state index is 0.397. The molecule has 1 N–H and O–H groups in total. The van der Waals surface area contributed by atoms with E-state index >= 15 is 0 Å². The highest BCUT2D eigenvalue weighted by Crippen LogP contribution is 2.14. The Labute approximate surface area is 84.4 Å². The van der Waals surface area contributed by atoms with Crippen LogP contribution in [0.5, 0.6) is 0 Å². The molecule has 74 valence electrons. The van der Waals surface area contributed by atoms with Gasteiger partial charge in [0, 0.05) is 11.6 Å².